The molecular weight excluding hydrogens is 400 g/mol. The highest BCUT2D eigenvalue weighted by Gasteiger charge is 2.70. The van der Waals surface area contributed by atoms with Crippen LogP contribution in [0.5, 0.6) is 0 Å². The summed E-state index contributed by atoms with van der Waals surface area (Å²) in [4.78, 5) is 23.4. The molecular formula is C19H33BrO4Si. The molecule has 4 nitrogen and oxygen atoms in total. The summed E-state index contributed by atoms with van der Waals surface area (Å²) in [5.41, 5.74) is -1.11. The van der Waals surface area contributed by atoms with E-state index in [0.717, 1.165) is 19.1 Å². The second-order valence-corrected chi connectivity index (χ2v) is 15.2. The Kier molecular flexibility index (Phi) is 5.70. The average Bonchev–Trinajstić information content (AvgIpc) is 2.70. The molecule has 2 rings (SSSR count). The molecule has 0 N–H and O–H groups in total. The van der Waals surface area contributed by atoms with E-state index in [-0.39, 0.29) is 27.4 Å². The SMILES string of the molecule is C[C@H]1CC[C@@H](O[Si](C)(C)C(C)(C)C)[C@]2(CCC=O)OC(=O)[C@H](Br)[C@]12C. The maximum absolute atomic E-state index is 12.6. The molecule has 1 aliphatic carbocycles. The van der Waals surface area contributed by atoms with Gasteiger partial charge in [0, 0.05) is 11.8 Å². The lowest BCUT2D eigenvalue weighted by Crippen LogP contribution is -2.63. The largest absolute Gasteiger partial charge is 0.455 e. The number of ether oxygens (including phenoxy) is 1. The molecule has 25 heavy (non-hydrogen) atoms. The highest BCUT2D eigenvalue weighted by Crippen LogP contribution is 2.61. The third-order valence-electron chi connectivity index (χ3n) is 7.21. The van der Waals surface area contributed by atoms with Gasteiger partial charge >= 0.3 is 5.97 Å². The molecule has 5 atom stereocenters. The Bertz CT molecular complexity index is 544. The lowest BCUT2D eigenvalue weighted by Gasteiger charge is -2.56. The summed E-state index contributed by atoms with van der Waals surface area (Å²) in [6.45, 7) is 15.4. The Morgan fingerprint density at radius 1 is 1.36 bits per heavy atom. The van der Waals surface area contributed by atoms with Crippen molar-refractivity contribution in [2.45, 2.75) is 95.0 Å². The van der Waals surface area contributed by atoms with Crippen LogP contribution in [0.4, 0.5) is 0 Å². The average molecular weight is 433 g/mol. The minimum absolute atomic E-state index is 0.0781. The van der Waals surface area contributed by atoms with Crippen molar-refractivity contribution < 1.29 is 18.8 Å². The number of hydrogen-bond acceptors (Lipinski definition) is 4. The third kappa shape index (κ3) is 3.16. The molecule has 1 heterocycles. The van der Waals surface area contributed by atoms with E-state index in [1.807, 2.05) is 0 Å². The van der Waals surface area contributed by atoms with Crippen LogP contribution in [0, 0.1) is 11.3 Å². The highest BCUT2D eigenvalue weighted by molar-refractivity contribution is 9.10. The van der Waals surface area contributed by atoms with Crippen LogP contribution in [-0.4, -0.2) is 37.1 Å². The molecule has 0 spiro atoms. The van der Waals surface area contributed by atoms with E-state index in [1.165, 1.54) is 0 Å². The highest BCUT2D eigenvalue weighted by atomic mass is 79.9. The quantitative estimate of drug-likeness (QED) is 0.269. The van der Waals surface area contributed by atoms with E-state index in [9.17, 15) is 9.59 Å². The Hall–Kier alpha value is -0.203. The van der Waals surface area contributed by atoms with Crippen LogP contribution in [-0.2, 0) is 18.8 Å². The molecule has 2 fully saturated rings. The number of esters is 1. The summed E-state index contributed by atoms with van der Waals surface area (Å²) in [6.07, 6.45) is 3.55. The number of fused-ring (bicyclic) bond motifs is 1. The molecule has 0 amide bonds. The van der Waals surface area contributed by atoms with Gasteiger partial charge in [-0.3, -0.25) is 4.79 Å². The fraction of sp³-hybridized carbons (Fsp3) is 0.895. The van der Waals surface area contributed by atoms with Crippen molar-refractivity contribution in [3.63, 3.8) is 0 Å². The first-order valence-corrected chi connectivity index (χ1v) is 13.1. The number of carbonyl (C=O) groups is 2. The smallest absolute Gasteiger partial charge is 0.321 e. The summed E-state index contributed by atoms with van der Waals surface area (Å²) in [6, 6.07) is 0. The summed E-state index contributed by atoms with van der Waals surface area (Å²) < 4.78 is 12.9. The fourth-order valence-electron chi connectivity index (χ4n) is 4.26. The van der Waals surface area contributed by atoms with Crippen molar-refractivity contribution in [1.29, 1.82) is 0 Å². The summed E-state index contributed by atoms with van der Waals surface area (Å²) in [5.74, 6) is 0.0974. The Labute approximate surface area is 161 Å². The van der Waals surface area contributed by atoms with Crippen LogP contribution in [0.1, 0.15) is 60.3 Å². The van der Waals surface area contributed by atoms with Gasteiger partial charge in [-0.2, -0.15) is 0 Å². The maximum atomic E-state index is 12.6. The number of alkyl halides is 1. The molecule has 0 radical (unpaired) electrons. The van der Waals surface area contributed by atoms with Crippen molar-refractivity contribution in [1.82, 2.24) is 0 Å². The van der Waals surface area contributed by atoms with Crippen LogP contribution >= 0.6 is 15.9 Å². The molecule has 144 valence electrons. The third-order valence-corrected chi connectivity index (χ3v) is 13.0. The molecule has 1 saturated carbocycles. The van der Waals surface area contributed by atoms with Gasteiger partial charge in [-0.25, -0.2) is 0 Å². The molecule has 1 saturated heterocycles. The van der Waals surface area contributed by atoms with Crippen LogP contribution in [0.2, 0.25) is 18.1 Å². The van der Waals surface area contributed by atoms with Crippen molar-refractivity contribution in [3.05, 3.63) is 0 Å². The van der Waals surface area contributed by atoms with E-state index in [4.69, 9.17) is 9.16 Å². The number of aldehydes is 1. The first-order valence-electron chi connectivity index (χ1n) is 9.32. The van der Waals surface area contributed by atoms with E-state index >= 15 is 0 Å². The van der Waals surface area contributed by atoms with Crippen LogP contribution in [0.3, 0.4) is 0 Å². The molecule has 1 aliphatic heterocycles. The van der Waals surface area contributed by atoms with Gasteiger partial charge in [0.1, 0.15) is 16.7 Å². The minimum Gasteiger partial charge on any atom is -0.455 e. The predicted octanol–water partition coefficient (Wildman–Crippen LogP) is 4.85. The Balaban J connectivity index is 2.49. The standard InChI is InChI=1S/C19H33BrO4Si/c1-13-9-10-14(24-25(6,7)17(2,3)4)19(11-8-12-21)18(13,5)15(20)16(22)23-19/h12-15H,8-11H2,1-7H3/t13-,14+,15-,18-,19-/m0/s1. The number of hydrogen-bond donors (Lipinski definition) is 0. The molecule has 0 unspecified atom stereocenters. The zero-order chi connectivity index (χ0) is 19.3. The van der Waals surface area contributed by atoms with Crippen molar-refractivity contribution >= 4 is 36.5 Å². The molecule has 6 heteroatoms. The monoisotopic (exact) mass is 432 g/mol. The normalized spacial score (nSPS) is 39.0. The molecule has 0 aromatic rings. The topological polar surface area (TPSA) is 52.6 Å². The predicted molar refractivity (Wildman–Crippen MR) is 105 cm³/mol. The number of carbonyl (C=O) groups excluding carboxylic acids is 2. The summed E-state index contributed by atoms with van der Waals surface area (Å²) >= 11 is 3.61. The van der Waals surface area contributed by atoms with Gasteiger partial charge in [0.2, 0.25) is 0 Å². The Morgan fingerprint density at radius 3 is 2.48 bits per heavy atom. The van der Waals surface area contributed by atoms with Gasteiger partial charge in [0.15, 0.2) is 8.32 Å². The number of halogens is 1. The van der Waals surface area contributed by atoms with Gasteiger partial charge in [-0.15, -0.1) is 0 Å². The van der Waals surface area contributed by atoms with E-state index in [0.29, 0.717) is 18.8 Å². The van der Waals surface area contributed by atoms with Gasteiger partial charge in [0.25, 0.3) is 0 Å². The minimum atomic E-state index is -2.03. The molecule has 0 aromatic carbocycles. The first-order chi connectivity index (χ1) is 11.3. The zero-order valence-corrected chi connectivity index (χ0v) is 19.2. The molecule has 2 aliphatic rings. The number of rotatable bonds is 5. The van der Waals surface area contributed by atoms with Crippen molar-refractivity contribution in [3.8, 4) is 0 Å². The van der Waals surface area contributed by atoms with E-state index in [1.54, 1.807) is 0 Å². The van der Waals surface area contributed by atoms with Crippen LogP contribution in [0.25, 0.3) is 0 Å². The van der Waals surface area contributed by atoms with E-state index < -0.39 is 13.9 Å². The van der Waals surface area contributed by atoms with Crippen LogP contribution < -0.4 is 0 Å². The van der Waals surface area contributed by atoms with Crippen molar-refractivity contribution in [2.75, 3.05) is 0 Å². The van der Waals surface area contributed by atoms with Gasteiger partial charge < -0.3 is 14.0 Å². The van der Waals surface area contributed by atoms with Gasteiger partial charge in [-0.05, 0) is 43.3 Å². The van der Waals surface area contributed by atoms with Crippen LogP contribution in [0.15, 0.2) is 0 Å². The maximum Gasteiger partial charge on any atom is 0.321 e. The second-order valence-electron chi connectivity index (χ2n) is 9.51. The zero-order valence-electron chi connectivity index (χ0n) is 16.6. The van der Waals surface area contributed by atoms with Gasteiger partial charge in [-0.1, -0.05) is 50.5 Å². The lowest BCUT2D eigenvalue weighted by atomic mass is 9.56. The molecule has 0 aromatic heterocycles. The second kappa shape index (κ2) is 6.75. The Morgan fingerprint density at radius 2 is 1.96 bits per heavy atom. The summed E-state index contributed by atoms with van der Waals surface area (Å²) in [7, 11) is -2.03. The first kappa shape index (κ1) is 21.1. The van der Waals surface area contributed by atoms with Gasteiger partial charge in [0.05, 0.1) is 6.10 Å². The lowest BCUT2D eigenvalue weighted by molar-refractivity contribution is -0.186. The molecule has 0 bridgehead atoms. The fourth-order valence-corrected chi connectivity index (χ4v) is 6.56. The summed E-state index contributed by atoms with van der Waals surface area (Å²) in [5, 5.41) is 0.0781. The van der Waals surface area contributed by atoms with Crippen molar-refractivity contribution in [2.24, 2.45) is 11.3 Å². The van der Waals surface area contributed by atoms with E-state index in [2.05, 4.69) is 63.6 Å².